The first kappa shape index (κ1) is 13.0. The number of fused-ring (bicyclic) bond motifs is 1. The Labute approximate surface area is 120 Å². The molecular weight excluding hydrogens is 244 g/mol. The quantitative estimate of drug-likeness (QED) is 0.761. The van der Waals surface area contributed by atoms with Crippen LogP contribution in [0.5, 0.6) is 5.75 Å². The van der Waals surface area contributed by atoms with Crippen molar-refractivity contribution in [1.29, 1.82) is 0 Å². The van der Waals surface area contributed by atoms with Crippen LogP contribution in [0.2, 0.25) is 0 Å². The van der Waals surface area contributed by atoms with Crippen LogP contribution in [0.1, 0.15) is 25.0 Å². The van der Waals surface area contributed by atoms with Gasteiger partial charge in [-0.05, 0) is 46.7 Å². The van der Waals surface area contributed by atoms with E-state index in [-0.39, 0.29) is 0 Å². The first-order valence-electron chi connectivity index (χ1n) is 7.16. The third kappa shape index (κ3) is 2.24. The zero-order valence-electron chi connectivity index (χ0n) is 12.3. The zero-order chi connectivity index (χ0) is 14.1. The highest BCUT2D eigenvalue weighted by atomic mass is 16.5. The van der Waals surface area contributed by atoms with Gasteiger partial charge in [-0.3, -0.25) is 0 Å². The van der Waals surface area contributed by atoms with Crippen LogP contribution in [-0.4, -0.2) is 7.11 Å². The van der Waals surface area contributed by atoms with Gasteiger partial charge in [0.15, 0.2) is 0 Å². The van der Waals surface area contributed by atoms with Crippen molar-refractivity contribution in [3.8, 4) is 16.9 Å². The van der Waals surface area contributed by atoms with E-state index >= 15 is 0 Å². The normalized spacial score (nSPS) is 13.3. The summed E-state index contributed by atoms with van der Waals surface area (Å²) in [6, 6.07) is 14.9. The molecule has 0 saturated carbocycles. The number of hydrogen-bond acceptors (Lipinski definition) is 1. The number of allylic oxidation sites excluding steroid dienone is 1. The minimum atomic E-state index is 0.617. The molecule has 20 heavy (non-hydrogen) atoms. The van der Waals surface area contributed by atoms with Crippen LogP contribution in [0.4, 0.5) is 0 Å². The lowest BCUT2D eigenvalue weighted by Crippen LogP contribution is -1.92. The molecule has 0 heterocycles. The predicted molar refractivity (Wildman–Crippen MR) is 84.9 cm³/mol. The van der Waals surface area contributed by atoms with Gasteiger partial charge in [-0.15, -0.1) is 0 Å². The van der Waals surface area contributed by atoms with Crippen LogP contribution in [-0.2, 0) is 6.42 Å². The molecule has 0 N–H and O–H groups in total. The lowest BCUT2D eigenvalue weighted by Gasteiger charge is -2.08. The summed E-state index contributed by atoms with van der Waals surface area (Å²) in [5.74, 6) is 1.52. The summed E-state index contributed by atoms with van der Waals surface area (Å²) in [5.41, 5.74) is 6.94. The van der Waals surface area contributed by atoms with E-state index in [1.54, 1.807) is 7.11 Å². The first-order chi connectivity index (χ1) is 9.69. The van der Waals surface area contributed by atoms with E-state index in [4.69, 9.17) is 4.74 Å². The van der Waals surface area contributed by atoms with Crippen LogP contribution >= 0.6 is 0 Å². The molecule has 3 rings (SSSR count). The Balaban J connectivity index is 2.05. The van der Waals surface area contributed by atoms with E-state index in [9.17, 15) is 0 Å². The molecule has 0 bridgehead atoms. The first-order valence-corrected chi connectivity index (χ1v) is 7.16. The molecular formula is C19H20O. The summed E-state index contributed by atoms with van der Waals surface area (Å²) in [5, 5.41) is 0. The van der Waals surface area contributed by atoms with Gasteiger partial charge in [-0.2, -0.15) is 0 Å². The fourth-order valence-electron chi connectivity index (χ4n) is 2.79. The predicted octanol–water partition coefficient (Wildman–Crippen LogP) is 4.96. The Morgan fingerprint density at radius 2 is 1.75 bits per heavy atom. The molecule has 1 nitrogen and oxygen atoms in total. The monoisotopic (exact) mass is 264 g/mol. The molecule has 0 radical (unpaired) electrons. The van der Waals surface area contributed by atoms with Gasteiger partial charge in [0.1, 0.15) is 5.75 Å². The van der Waals surface area contributed by atoms with Gasteiger partial charge < -0.3 is 4.74 Å². The van der Waals surface area contributed by atoms with Crippen molar-refractivity contribution in [1.82, 2.24) is 0 Å². The Bertz CT molecular complexity index is 648. The lowest BCUT2D eigenvalue weighted by molar-refractivity contribution is 0.415. The Morgan fingerprint density at radius 1 is 1.00 bits per heavy atom. The second-order valence-electron chi connectivity index (χ2n) is 5.66. The molecule has 0 aromatic heterocycles. The Morgan fingerprint density at radius 3 is 2.40 bits per heavy atom. The average molecular weight is 264 g/mol. The number of rotatable bonds is 3. The second-order valence-corrected chi connectivity index (χ2v) is 5.66. The van der Waals surface area contributed by atoms with Gasteiger partial charge >= 0.3 is 0 Å². The van der Waals surface area contributed by atoms with Gasteiger partial charge in [0.25, 0.3) is 0 Å². The summed E-state index contributed by atoms with van der Waals surface area (Å²) < 4.78 is 5.23. The number of hydrogen-bond donors (Lipinski definition) is 0. The minimum Gasteiger partial charge on any atom is -0.497 e. The van der Waals surface area contributed by atoms with Crippen molar-refractivity contribution in [2.24, 2.45) is 5.92 Å². The van der Waals surface area contributed by atoms with E-state index in [0.717, 1.165) is 12.2 Å². The summed E-state index contributed by atoms with van der Waals surface area (Å²) >= 11 is 0. The van der Waals surface area contributed by atoms with E-state index in [1.807, 2.05) is 12.1 Å². The number of ether oxygens (including phenoxy) is 1. The third-order valence-electron chi connectivity index (χ3n) is 4.06. The SMILES string of the molecule is COc1ccc(-c2cccc3c2C=C(C(C)C)C3)cc1. The van der Waals surface area contributed by atoms with Crippen LogP contribution in [0, 0.1) is 5.92 Å². The highest BCUT2D eigenvalue weighted by Gasteiger charge is 2.18. The average Bonchev–Trinajstić information content (AvgIpc) is 2.91. The standard InChI is InChI=1S/C19H20O/c1-13(2)16-11-15-5-4-6-18(19(15)12-16)14-7-9-17(20-3)10-8-14/h4-10,12-13H,11H2,1-3H3. The van der Waals surface area contributed by atoms with Crippen molar-refractivity contribution in [2.45, 2.75) is 20.3 Å². The highest BCUT2D eigenvalue weighted by Crippen LogP contribution is 2.36. The van der Waals surface area contributed by atoms with E-state index in [1.165, 1.54) is 27.8 Å². The fraction of sp³-hybridized carbons (Fsp3) is 0.263. The van der Waals surface area contributed by atoms with Gasteiger partial charge in [0.05, 0.1) is 7.11 Å². The second kappa shape index (κ2) is 5.16. The number of benzene rings is 2. The smallest absolute Gasteiger partial charge is 0.118 e. The molecule has 2 aromatic carbocycles. The highest BCUT2D eigenvalue weighted by molar-refractivity contribution is 5.81. The molecule has 0 atom stereocenters. The van der Waals surface area contributed by atoms with Gasteiger partial charge in [0.2, 0.25) is 0 Å². The van der Waals surface area contributed by atoms with Gasteiger partial charge in [-0.25, -0.2) is 0 Å². The van der Waals surface area contributed by atoms with E-state index in [0.29, 0.717) is 5.92 Å². The van der Waals surface area contributed by atoms with Crippen LogP contribution in [0.3, 0.4) is 0 Å². The maximum Gasteiger partial charge on any atom is 0.118 e. The van der Waals surface area contributed by atoms with E-state index < -0.39 is 0 Å². The molecule has 0 spiro atoms. The topological polar surface area (TPSA) is 9.23 Å². The molecule has 0 unspecified atom stereocenters. The largest absolute Gasteiger partial charge is 0.497 e. The Hall–Kier alpha value is -2.02. The van der Waals surface area contributed by atoms with Crippen LogP contribution in [0.25, 0.3) is 17.2 Å². The molecule has 0 amide bonds. The molecule has 1 aliphatic carbocycles. The summed E-state index contributed by atoms with van der Waals surface area (Å²) in [7, 11) is 1.70. The van der Waals surface area contributed by atoms with Gasteiger partial charge in [0, 0.05) is 0 Å². The van der Waals surface area contributed by atoms with E-state index in [2.05, 4.69) is 50.3 Å². The minimum absolute atomic E-state index is 0.617. The van der Waals surface area contributed by atoms with Crippen molar-refractivity contribution < 1.29 is 4.74 Å². The Kier molecular flexibility index (Phi) is 3.35. The summed E-state index contributed by atoms with van der Waals surface area (Å²) in [6.45, 7) is 4.54. The van der Waals surface area contributed by atoms with Crippen LogP contribution < -0.4 is 4.74 Å². The third-order valence-corrected chi connectivity index (χ3v) is 4.06. The number of methoxy groups -OCH3 is 1. The van der Waals surface area contributed by atoms with Crippen molar-refractivity contribution in [3.63, 3.8) is 0 Å². The summed E-state index contributed by atoms with van der Waals surface area (Å²) in [4.78, 5) is 0. The van der Waals surface area contributed by atoms with Crippen molar-refractivity contribution in [2.75, 3.05) is 7.11 Å². The lowest BCUT2D eigenvalue weighted by atomic mass is 9.97. The van der Waals surface area contributed by atoms with Gasteiger partial charge in [-0.1, -0.05) is 55.8 Å². The van der Waals surface area contributed by atoms with Crippen molar-refractivity contribution in [3.05, 3.63) is 59.2 Å². The van der Waals surface area contributed by atoms with Crippen LogP contribution in [0.15, 0.2) is 48.0 Å². The molecule has 0 fully saturated rings. The summed E-state index contributed by atoms with van der Waals surface area (Å²) in [6.07, 6.45) is 3.47. The zero-order valence-corrected chi connectivity index (χ0v) is 12.3. The van der Waals surface area contributed by atoms with Crippen molar-refractivity contribution >= 4 is 6.08 Å². The fourth-order valence-corrected chi connectivity index (χ4v) is 2.79. The molecule has 102 valence electrons. The molecule has 2 aromatic rings. The molecule has 0 saturated heterocycles. The molecule has 0 aliphatic heterocycles. The maximum atomic E-state index is 5.23. The molecule has 1 aliphatic rings. The molecule has 1 heteroatoms. The maximum absolute atomic E-state index is 5.23.